The number of nitrogens with one attached hydrogen (secondary N) is 1. The molecule has 70 valence electrons. The first-order valence-electron chi connectivity index (χ1n) is 4.03. The maximum absolute atomic E-state index is 11.7. The molecular weight excluding hydrogens is 167 g/mol. The Bertz CT molecular complexity index is 164. The third-order valence-electron chi connectivity index (χ3n) is 1.83. The van der Waals surface area contributed by atoms with Gasteiger partial charge in [0.1, 0.15) is 0 Å². The van der Waals surface area contributed by atoms with E-state index in [-0.39, 0.29) is 0 Å². The molecule has 0 spiro atoms. The van der Waals surface area contributed by atoms with E-state index in [1.54, 1.807) is 0 Å². The Hall–Kier alpha value is -0.510. The van der Waals surface area contributed by atoms with Crippen LogP contribution >= 0.6 is 0 Å². The molecule has 0 saturated carbocycles. The van der Waals surface area contributed by atoms with Crippen molar-refractivity contribution in [1.29, 1.82) is 0 Å². The number of rotatable bonds is 1. The van der Waals surface area contributed by atoms with Crippen LogP contribution in [0.4, 0.5) is 13.2 Å². The second kappa shape index (κ2) is 3.94. The molecule has 0 aromatic heterocycles. The zero-order valence-electron chi connectivity index (χ0n) is 6.75. The van der Waals surface area contributed by atoms with Crippen LogP contribution in [0.15, 0.2) is 11.6 Å². The second-order valence-electron chi connectivity index (χ2n) is 2.96. The molecule has 1 rings (SSSR count). The minimum atomic E-state index is -4.05. The van der Waals surface area contributed by atoms with Gasteiger partial charge in [-0.3, -0.25) is 0 Å². The van der Waals surface area contributed by atoms with Crippen LogP contribution in [0, 0.1) is 0 Å². The average Bonchev–Trinajstić information content (AvgIpc) is 2.02. The molecule has 1 fully saturated rings. The maximum Gasteiger partial charge on any atom is 0.392 e. The van der Waals surface area contributed by atoms with E-state index in [4.69, 9.17) is 0 Å². The van der Waals surface area contributed by atoms with Gasteiger partial charge in [0.05, 0.1) is 6.42 Å². The number of allylic oxidation sites excluding steroid dienone is 1. The number of hydrogen-bond donors (Lipinski definition) is 1. The van der Waals surface area contributed by atoms with Crippen molar-refractivity contribution >= 4 is 0 Å². The van der Waals surface area contributed by atoms with E-state index >= 15 is 0 Å². The van der Waals surface area contributed by atoms with Crippen molar-refractivity contribution in [3.8, 4) is 0 Å². The summed E-state index contributed by atoms with van der Waals surface area (Å²) in [5.74, 6) is 0. The van der Waals surface area contributed by atoms with Crippen molar-refractivity contribution in [1.82, 2.24) is 5.32 Å². The summed E-state index contributed by atoms with van der Waals surface area (Å²) in [4.78, 5) is 0. The first-order chi connectivity index (χ1) is 5.58. The van der Waals surface area contributed by atoms with E-state index in [0.717, 1.165) is 25.0 Å². The number of halogens is 3. The fraction of sp³-hybridized carbons (Fsp3) is 0.750. The fourth-order valence-electron chi connectivity index (χ4n) is 1.21. The third-order valence-corrected chi connectivity index (χ3v) is 1.83. The summed E-state index contributed by atoms with van der Waals surface area (Å²) in [5, 5.41) is 3.04. The van der Waals surface area contributed by atoms with Gasteiger partial charge in [-0.15, -0.1) is 0 Å². The van der Waals surface area contributed by atoms with Crippen molar-refractivity contribution in [3.05, 3.63) is 11.6 Å². The molecule has 1 heterocycles. The lowest BCUT2D eigenvalue weighted by atomic mass is 10.1. The highest BCUT2D eigenvalue weighted by Crippen LogP contribution is 2.22. The van der Waals surface area contributed by atoms with Gasteiger partial charge in [-0.1, -0.05) is 11.6 Å². The van der Waals surface area contributed by atoms with Crippen LogP contribution in [-0.4, -0.2) is 19.3 Å². The molecule has 0 aromatic rings. The van der Waals surface area contributed by atoms with Crippen molar-refractivity contribution < 1.29 is 13.2 Å². The highest BCUT2D eigenvalue weighted by atomic mass is 19.4. The van der Waals surface area contributed by atoms with Crippen molar-refractivity contribution in [2.45, 2.75) is 25.4 Å². The summed E-state index contributed by atoms with van der Waals surface area (Å²) in [7, 11) is 0. The highest BCUT2D eigenvalue weighted by molar-refractivity contribution is 5.06. The molecule has 1 aliphatic heterocycles. The fourth-order valence-corrected chi connectivity index (χ4v) is 1.21. The van der Waals surface area contributed by atoms with Gasteiger partial charge in [-0.05, 0) is 19.4 Å². The van der Waals surface area contributed by atoms with Crippen LogP contribution < -0.4 is 5.32 Å². The number of hydrogen-bond acceptors (Lipinski definition) is 1. The van der Waals surface area contributed by atoms with E-state index < -0.39 is 12.6 Å². The zero-order chi connectivity index (χ0) is 9.03. The summed E-state index contributed by atoms with van der Waals surface area (Å²) < 4.78 is 35.2. The molecule has 0 amide bonds. The molecule has 0 aromatic carbocycles. The SMILES string of the molecule is FC(F)(F)C/C=C1\CCCNC1. The molecule has 4 heteroatoms. The zero-order valence-corrected chi connectivity index (χ0v) is 6.75. The van der Waals surface area contributed by atoms with Gasteiger partial charge in [0, 0.05) is 6.54 Å². The maximum atomic E-state index is 11.7. The summed E-state index contributed by atoms with van der Waals surface area (Å²) in [6.45, 7) is 1.54. The first kappa shape index (κ1) is 9.58. The van der Waals surface area contributed by atoms with Crippen LogP contribution in [0.5, 0.6) is 0 Å². The number of piperidine rings is 1. The van der Waals surface area contributed by atoms with Crippen molar-refractivity contribution in [3.63, 3.8) is 0 Å². The first-order valence-corrected chi connectivity index (χ1v) is 4.03. The van der Waals surface area contributed by atoms with E-state index in [9.17, 15) is 13.2 Å². The normalized spacial score (nSPS) is 23.1. The van der Waals surface area contributed by atoms with Crippen LogP contribution in [0.2, 0.25) is 0 Å². The molecule has 0 bridgehead atoms. The lowest BCUT2D eigenvalue weighted by Crippen LogP contribution is -2.24. The average molecular weight is 179 g/mol. The van der Waals surface area contributed by atoms with Gasteiger partial charge in [0.2, 0.25) is 0 Å². The predicted molar refractivity (Wildman–Crippen MR) is 40.9 cm³/mol. The van der Waals surface area contributed by atoms with E-state index in [1.165, 1.54) is 6.08 Å². The Labute approximate surface area is 69.6 Å². The molecular formula is C8H12F3N. The summed E-state index contributed by atoms with van der Waals surface area (Å²) in [5.41, 5.74) is 0.888. The topological polar surface area (TPSA) is 12.0 Å². The predicted octanol–water partition coefficient (Wildman–Crippen LogP) is 2.25. The smallest absolute Gasteiger partial charge is 0.313 e. The van der Waals surface area contributed by atoms with Gasteiger partial charge in [0.15, 0.2) is 0 Å². The molecule has 1 N–H and O–H groups in total. The van der Waals surface area contributed by atoms with E-state index in [2.05, 4.69) is 5.32 Å². The molecule has 1 aliphatic rings. The highest BCUT2D eigenvalue weighted by Gasteiger charge is 2.25. The lowest BCUT2D eigenvalue weighted by molar-refractivity contribution is -0.125. The van der Waals surface area contributed by atoms with Crippen LogP contribution in [0.1, 0.15) is 19.3 Å². The molecule has 1 saturated heterocycles. The molecule has 0 atom stereocenters. The van der Waals surface area contributed by atoms with Gasteiger partial charge in [-0.25, -0.2) is 0 Å². The van der Waals surface area contributed by atoms with Crippen LogP contribution in [-0.2, 0) is 0 Å². The Morgan fingerprint density at radius 2 is 2.17 bits per heavy atom. The monoisotopic (exact) mass is 179 g/mol. The van der Waals surface area contributed by atoms with Gasteiger partial charge < -0.3 is 5.32 Å². The summed E-state index contributed by atoms with van der Waals surface area (Å²) in [6, 6.07) is 0. The molecule has 0 aliphatic carbocycles. The van der Waals surface area contributed by atoms with Crippen LogP contribution in [0.25, 0.3) is 0 Å². The summed E-state index contributed by atoms with van der Waals surface area (Å²) in [6.07, 6.45) is -1.78. The molecule has 0 radical (unpaired) electrons. The standard InChI is InChI=1S/C8H12F3N/c9-8(10,11)4-3-7-2-1-5-12-6-7/h3,12H,1-2,4-6H2/b7-3+. The van der Waals surface area contributed by atoms with Crippen molar-refractivity contribution in [2.24, 2.45) is 0 Å². The number of alkyl halides is 3. The second-order valence-corrected chi connectivity index (χ2v) is 2.96. The van der Waals surface area contributed by atoms with E-state index in [1.807, 2.05) is 0 Å². The van der Waals surface area contributed by atoms with Crippen molar-refractivity contribution in [2.75, 3.05) is 13.1 Å². The Balaban J connectivity index is 2.35. The Morgan fingerprint density at radius 3 is 2.67 bits per heavy atom. The largest absolute Gasteiger partial charge is 0.392 e. The summed E-state index contributed by atoms with van der Waals surface area (Å²) >= 11 is 0. The quantitative estimate of drug-likeness (QED) is 0.609. The van der Waals surface area contributed by atoms with Gasteiger partial charge in [-0.2, -0.15) is 13.2 Å². The third kappa shape index (κ3) is 3.76. The van der Waals surface area contributed by atoms with Gasteiger partial charge in [0.25, 0.3) is 0 Å². The van der Waals surface area contributed by atoms with Gasteiger partial charge >= 0.3 is 6.18 Å². The van der Waals surface area contributed by atoms with E-state index in [0.29, 0.717) is 6.54 Å². The Morgan fingerprint density at radius 1 is 1.42 bits per heavy atom. The molecule has 0 unspecified atom stereocenters. The van der Waals surface area contributed by atoms with Crippen LogP contribution in [0.3, 0.4) is 0 Å². The lowest BCUT2D eigenvalue weighted by Gasteiger charge is -2.15. The minimum Gasteiger partial charge on any atom is -0.313 e. The molecule has 12 heavy (non-hydrogen) atoms. The minimum absolute atomic E-state index is 0.621. The Kier molecular flexibility index (Phi) is 3.14. The molecule has 1 nitrogen and oxygen atoms in total.